The zero-order valence-corrected chi connectivity index (χ0v) is 13.4. The van der Waals surface area contributed by atoms with Gasteiger partial charge in [0.25, 0.3) is 0 Å². The summed E-state index contributed by atoms with van der Waals surface area (Å²) in [5.41, 5.74) is 7.50. The van der Waals surface area contributed by atoms with E-state index in [1.807, 2.05) is 12.1 Å². The molecule has 21 heavy (non-hydrogen) atoms. The highest BCUT2D eigenvalue weighted by Crippen LogP contribution is 2.27. The maximum atomic E-state index is 6.25. The van der Waals surface area contributed by atoms with E-state index in [9.17, 15) is 0 Å². The Bertz CT molecular complexity index is 413. The Labute approximate surface area is 128 Å². The topological polar surface area (TPSA) is 47.7 Å². The highest BCUT2D eigenvalue weighted by Gasteiger charge is 2.24. The molecule has 2 rings (SSSR count). The molecule has 0 bridgehead atoms. The van der Waals surface area contributed by atoms with Gasteiger partial charge in [-0.05, 0) is 50.4 Å². The third-order valence-corrected chi connectivity index (χ3v) is 4.32. The Morgan fingerprint density at radius 2 is 1.90 bits per heavy atom. The lowest BCUT2D eigenvalue weighted by molar-refractivity contribution is 0.0487. The average molecular weight is 292 g/mol. The fraction of sp³-hybridized carbons (Fsp3) is 0.647. The van der Waals surface area contributed by atoms with Crippen LogP contribution in [0.25, 0.3) is 0 Å². The van der Waals surface area contributed by atoms with Crippen molar-refractivity contribution in [2.24, 2.45) is 11.7 Å². The third kappa shape index (κ3) is 4.43. The fourth-order valence-electron chi connectivity index (χ4n) is 3.21. The Balaban J connectivity index is 2.05. The van der Waals surface area contributed by atoms with E-state index < -0.39 is 0 Å². The number of nitrogens with zero attached hydrogens (tertiary/aromatic N) is 1. The van der Waals surface area contributed by atoms with Crippen LogP contribution in [0.15, 0.2) is 24.3 Å². The van der Waals surface area contributed by atoms with E-state index in [-0.39, 0.29) is 12.1 Å². The van der Waals surface area contributed by atoms with Gasteiger partial charge >= 0.3 is 0 Å². The van der Waals surface area contributed by atoms with E-state index in [0.29, 0.717) is 5.92 Å². The van der Waals surface area contributed by atoms with Crippen molar-refractivity contribution in [1.29, 1.82) is 0 Å². The van der Waals surface area contributed by atoms with Gasteiger partial charge in [0.05, 0.1) is 7.11 Å². The number of rotatable bonds is 6. The summed E-state index contributed by atoms with van der Waals surface area (Å²) in [4.78, 5) is 2.39. The first kappa shape index (κ1) is 16.3. The Kier molecular flexibility index (Phi) is 6.03. The van der Waals surface area contributed by atoms with E-state index in [1.54, 1.807) is 7.11 Å². The van der Waals surface area contributed by atoms with Gasteiger partial charge in [0.1, 0.15) is 5.75 Å². The zero-order chi connectivity index (χ0) is 15.2. The quantitative estimate of drug-likeness (QED) is 0.875. The van der Waals surface area contributed by atoms with E-state index in [4.69, 9.17) is 15.2 Å². The van der Waals surface area contributed by atoms with Gasteiger partial charge in [-0.1, -0.05) is 12.1 Å². The number of hydrogen-bond donors (Lipinski definition) is 1. The number of benzene rings is 1. The molecule has 2 N–H and O–H groups in total. The van der Waals surface area contributed by atoms with Crippen molar-refractivity contribution in [2.75, 3.05) is 33.9 Å². The lowest BCUT2D eigenvalue weighted by atomic mass is 9.95. The number of likely N-dealkylation sites (N-methyl/N-ethyl adjacent to an activating group) is 1. The largest absolute Gasteiger partial charge is 0.497 e. The molecule has 1 aliphatic rings. The average Bonchev–Trinajstić information content (AvgIpc) is 2.49. The van der Waals surface area contributed by atoms with E-state index in [0.717, 1.165) is 38.3 Å². The lowest BCUT2D eigenvalue weighted by Crippen LogP contribution is -2.40. The van der Waals surface area contributed by atoms with Crippen LogP contribution in [0.4, 0.5) is 0 Å². The SMILES string of the molecule is COc1ccc(C(C(C)N)N(C)CC2CCOCC2)cc1. The summed E-state index contributed by atoms with van der Waals surface area (Å²) < 4.78 is 10.7. The smallest absolute Gasteiger partial charge is 0.118 e. The molecule has 2 atom stereocenters. The summed E-state index contributed by atoms with van der Waals surface area (Å²) in [6.45, 7) is 4.94. The van der Waals surface area contributed by atoms with Crippen molar-refractivity contribution >= 4 is 0 Å². The van der Waals surface area contributed by atoms with Crippen LogP contribution in [0.3, 0.4) is 0 Å². The summed E-state index contributed by atoms with van der Waals surface area (Å²) in [7, 11) is 3.86. The van der Waals surface area contributed by atoms with Crippen molar-refractivity contribution in [3.8, 4) is 5.75 Å². The lowest BCUT2D eigenvalue weighted by Gasteiger charge is -2.35. The maximum absolute atomic E-state index is 6.25. The van der Waals surface area contributed by atoms with E-state index >= 15 is 0 Å². The predicted octanol–water partition coefficient (Wildman–Crippen LogP) is 2.44. The van der Waals surface area contributed by atoms with Crippen LogP contribution >= 0.6 is 0 Å². The van der Waals surface area contributed by atoms with Gasteiger partial charge in [0.15, 0.2) is 0 Å². The summed E-state index contributed by atoms with van der Waals surface area (Å²) >= 11 is 0. The minimum absolute atomic E-state index is 0.0863. The van der Waals surface area contributed by atoms with E-state index in [1.165, 1.54) is 5.56 Å². The van der Waals surface area contributed by atoms with Crippen LogP contribution in [0, 0.1) is 5.92 Å². The molecule has 1 saturated heterocycles. The summed E-state index contributed by atoms with van der Waals surface area (Å²) in [6, 6.07) is 8.57. The monoisotopic (exact) mass is 292 g/mol. The predicted molar refractivity (Wildman–Crippen MR) is 85.6 cm³/mol. The molecular formula is C17H28N2O2. The number of ether oxygens (including phenoxy) is 2. The molecule has 0 saturated carbocycles. The van der Waals surface area contributed by atoms with Crippen molar-refractivity contribution < 1.29 is 9.47 Å². The molecule has 1 fully saturated rings. The van der Waals surface area contributed by atoms with Crippen LogP contribution < -0.4 is 10.5 Å². The first-order chi connectivity index (χ1) is 10.1. The van der Waals surface area contributed by atoms with Gasteiger partial charge in [-0.15, -0.1) is 0 Å². The molecule has 4 nitrogen and oxygen atoms in total. The second kappa shape index (κ2) is 7.78. The van der Waals surface area contributed by atoms with Crippen LogP contribution in [-0.4, -0.2) is 44.9 Å². The van der Waals surface area contributed by atoms with Gasteiger partial charge in [0, 0.05) is 31.8 Å². The second-order valence-corrected chi connectivity index (χ2v) is 6.07. The van der Waals surface area contributed by atoms with E-state index in [2.05, 4.69) is 31.0 Å². The Hall–Kier alpha value is -1.10. The molecule has 4 heteroatoms. The summed E-state index contributed by atoms with van der Waals surface area (Å²) in [6.07, 6.45) is 2.30. The first-order valence-electron chi connectivity index (χ1n) is 7.79. The molecule has 1 heterocycles. The normalized spacial score (nSPS) is 19.5. The second-order valence-electron chi connectivity index (χ2n) is 6.07. The maximum Gasteiger partial charge on any atom is 0.118 e. The molecular weight excluding hydrogens is 264 g/mol. The highest BCUT2D eigenvalue weighted by atomic mass is 16.5. The molecule has 1 aliphatic heterocycles. The summed E-state index contributed by atoms with van der Waals surface area (Å²) in [5, 5.41) is 0. The van der Waals surface area contributed by atoms with Crippen molar-refractivity contribution in [2.45, 2.75) is 31.8 Å². The Morgan fingerprint density at radius 1 is 1.29 bits per heavy atom. The number of methoxy groups -OCH3 is 1. The van der Waals surface area contributed by atoms with Gasteiger partial charge < -0.3 is 15.2 Å². The minimum Gasteiger partial charge on any atom is -0.497 e. The van der Waals surface area contributed by atoms with Gasteiger partial charge in [-0.2, -0.15) is 0 Å². The third-order valence-electron chi connectivity index (χ3n) is 4.32. The van der Waals surface area contributed by atoms with Crippen LogP contribution in [-0.2, 0) is 4.74 Å². The van der Waals surface area contributed by atoms with Crippen molar-refractivity contribution in [3.63, 3.8) is 0 Å². The molecule has 0 spiro atoms. The molecule has 0 radical (unpaired) electrons. The molecule has 1 aromatic carbocycles. The molecule has 0 aromatic heterocycles. The standard InChI is InChI=1S/C17H28N2O2/c1-13(18)17(15-4-6-16(20-3)7-5-15)19(2)12-14-8-10-21-11-9-14/h4-7,13-14,17H,8-12,18H2,1-3H3. The number of hydrogen-bond acceptors (Lipinski definition) is 4. The van der Waals surface area contributed by atoms with Gasteiger partial charge in [0.2, 0.25) is 0 Å². The molecule has 0 amide bonds. The van der Waals surface area contributed by atoms with Crippen LogP contribution in [0.2, 0.25) is 0 Å². The first-order valence-corrected chi connectivity index (χ1v) is 7.79. The summed E-state index contributed by atoms with van der Waals surface area (Å²) in [5.74, 6) is 1.59. The van der Waals surface area contributed by atoms with Crippen molar-refractivity contribution in [3.05, 3.63) is 29.8 Å². The van der Waals surface area contributed by atoms with Crippen LogP contribution in [0.1, 0.15) is 31.4 Å². The minimum atomic E-state index is 0.0863. The van der Waals surface area contributed by atoms with Gasteiger partial charge in [-0.3, -0.25) is 4.90 Å². The fourth-order valence-corrected chi connectivity index (χ4v) is 3.21. The Morgan fingerprint density at radius 3 is 2.43 bits per heavy atom. The molecule has 1 aromatic rings. The molecule has 118 valence electrons. The van der Waals surface area contributed by atoms with Crippen molar-refractivity contribution in [1.82, 2.24) is 4.90 Å². The molecule has 2 unspecified atom stereocenters. The zero-order valence-electron chi connectivity index (χ0n) is 13.4. The highest BCUT2D eigenvalue weighted by molar-refractivity contribution is 5.29. The number of nitrogens with two attached hydrogens (primary N) is 1. The van der Waals surface area contributed by atoms with Gasteiger partial charge in [-0.25, -0.2) is 0 Å². The van der Waals surface area contributed by atoms with Crippen LogP contribution in [0.5, 0.6) is 5.75 Å². The molecule has 0 aliphatic carbocycles.